The van der Waals surface area contributed by atoms with Crippen molar-refractivity contribution < 1.29 is 19.4 Å². The summed E-state index contributed by atoms with van der Waals surface area (Å²) in [6.07, 6.45) is -0.161. The van der Waals surface area contributed by atoms with Gasteiger partial charge in [-0.3, -0.25) is 4.79 Å². The first kappa shape index (κ1) is 21.0. The smallest absolute Gasteiger partial charge is 0.408 e. The minimum absolute atomic E-state index is 0.204. The van der Waals surface area contributed by atoms with E-state index >= 15 is 0 Å². The number of aliphatic hydroxyl groups excluding tert-OH is 1. The van der Waals surface area contributed by atoms with Crippen molar-refractivity contribution >= 4 is 12.0 Å². The van der Waals surface area contributed by atoms with Gasteiger partial charge in [-0.25, -0.2) is 4.79 Å². The third-order valence-electron chi connectivity index (χ3n) is 3.42. The highest BCUT2D eigenvalue weighted by molar-refractivity contribution is 5.86. The average molecular weight is 350 g/mol. The van der Waals surface area contributed by atoms with Crippen LogP contribution in [0.25, 0.3) is 0 Å². The fourth-order valence-corrected chi connectivity index (χ4v) is 2.34. The first-order chi connectivity index (χ1) is 11.6. The molecule has 0 aliphatic rings. The van der Waals surface area contributed by atoms with E-state index in [0.717, 1.165) is 5.56 Å². The Morgan fingerprint density at radius 3 is 2.20 bits per heavy atom. The maximum Gasteiger partial charge on any atom is 0.408 e. The normalized spacial score (nSPS) is 13.9. The number of amides is 2. The zero-order valence-electron chi connectivity index (χ0n) is 15.7. The molecule has 0 saturated heterocycles. The van der Waals surface area contributed by atoms with Crippen molar-refractivity contribution in [3.05, 3.63) is 35.9 Å². The van der Waals surface area contributed by atoms with Gasteiger partial charge < -0.3 is 20.5 Å². The molecule has 6 heteroatoms. The second-order valence-electron chi connectivity index (χ2n) is 7.48. The molecule has 0 heterocycles. The van der Waals surface area contributed by atoms with Crippen molar-refractivity contribution in [3.8, 4) is 0 Å². The van der Waals surface area contributed by atoms with Crippen molar-refractivity contribution in [1.29, 1.82) is 0 Å². The Hall–Kier alpha value is -2.08. The Morgan fingerprint density at radius 2 is 1.72 bits per heavy atom. The molecule has 0 aliphatic heterocycles. The van der Waals surface area contributed by atoms with E-state index in [4.69, 9.17) is 4.74 Å². The first-order valence-corrected chi connectivity index (χ1v) is 8.58. The SMILES string of the molecule is CC(C)C[C@H](NC(=O)OC(C)(C)C)C(=O)N[C@@H](CO)c1ccccc1. The van der Waals surface area contributed by atoms with E-state index in [1.807, 2.05) is 44.2 Å². The molecule has 6 nitrogen and oxygen atoms in total. The van der Waals surface area contributed by atoms with E-state index in [1.165, 1.54) is 0 Å². The Balaban J connectivity index is 2.80. The summed E-state index contributed by atoms with van der Waals surface area (Å²) in [7, 11) is 0. The highest BCUT2D eigenvalue weighted by atomic mass is 16.6. The molecule has 140 valence electrons. The van der Waals surface area contributed by atoms with Crippen molar-refractivity contribution in [2.75, 3.05) is 6.61 Å². The summed E-state index contributed by atoms with van der Waals surface area (Å²) in [5, 5.41) is 15.0. The largest absolute Gasteiger partial charge is 0.444 e. The van der Waals surface area contributed by atoms with Crippen molar-refractivity contribution in [1.82, 2.24) is 10.6 Å². The predicted molar refractivity (Wildman–Crippen MR) is 97.0 cm³/mol. The number of benzene rings is 1. The highest BCUT2D eigenvalue weighted by Gasteiger charge is 2.26. The minimum atomic E-state index is -0.729. The van der Waals surface area contributed by atoms with Crippen molar-refractivity contribution in [2.24, 2.45) is 5.92 Å². The molecule has 25 heavy (non-hydrogen) atoms. The van der Waals surface area contributed by atoms with Crippen LogP contribution in [0.2, 0.25) is 0 Å². The van der Waals surface area contributed by atoms with Gasteiger partial charge in [-0.1, -0.05) is 44.2 Å². The van der Waals surface area contributed by atoms with Crippen LogP contribution < -0.4 is 10.6 Å². The number of nitrogens with one attached hydrogen (secondary N) is 2. The summed E-state index contributed by atoms with van der Waals surface area (Å²) < 4.78 is 5.24. The number of hydrogen-bond acceptors (Lipinski definition) is 4. The van der Waals surface area contributed by atoms with Gasteiger partial charge in [0, 0.05) is 0 Å². The molecule has 0 saturated carbocycles. The number of rotatable bonds is 7. The Bertz CT molecular complexity index is 552. The number of carbonyl (C=O) groups is 2. The molecule has 0 bridgehead atoms. The van der Waals surface area contributed by atoms with Crippen LogP contribution in [0.1, 0.15) is 52.6 Å². The van der Waals surface area contributed by atoms with Gasteiger partial charge in [-0.15, -0.1) is 0 Å². The summed E-state index contributed by atoms with van der Waals surface area (Å²) in [6.45, 7) is 9.01. The molecule has 0 aromatic heterocycles. The van der Waals surface area contributed by atoms with E-state index in [2.05, 4.69) is 10.6 Å². The van der Waals surface area contributed by atoms with Crippen LogP contribution in [0, 0.1) is 5.92 Å². The van der Waals surface area contributed by atoms with Crippen molar-refractivity contribution in [2.45, 2.75) is 58.7 Å². The van der Waals surface area contributed by atoms with E-state index in [9.17, 15) is 14.7 Å². The lowest BCUT2D eigenvalue weighted by Gasteiger charge is -2.26. The molecule has 0 fully saturated rings. The topological polar surface area (TPSA) is 87.7 Å². The molecule has 0 aliphatic carbocycles. The molecule has 3 N–H and O–H groups in total. The molecule has 0 radical (unpaired) electrons. The van der Waals surface area contributed by atoms with Gasteiger partial charge in [0.2, 0.25) is 5.91 Å². The van der Waals surface area contributed by atoms with Crippen LogP contribution >= 0.6 is 0 Å². The van der Waals surface area contributed by atoms with Crippen LogP contribution in [0.15, 0.2) is 30.3 Å². The van der Waals surface area contributed by atoms with Crippen LogP contribution in [-0.2, 0) is 9.53 Å². The summed E-state index contributed by atoms with van der Waals surface area (Å²) in [6, 6.07) is 7.96. The quantitative estimate of drug-likeness (QED) is 0.705. The lowest BCUT2D eigenvalue weighted by Crippen LogP contribution is -2.49. The second kappa shape index (κ2) is 9.42. The molecule has 2 atom stereocenters. The van der Waals surface area contributed by atoms with E-state index in [0.29, 0.717) is 6.42 Å². The van der Waals surface area contributed by atoms with Gasteiger partial charge >= 0.3 is 6.09 Å². The van der Waals surface area contributed by atoms with Crippen LogP contribution in [0.3, 0.4) is 0 Å². The first-order valence-electron chi connectivity index (χ1n) is 8.58. The summed E-state index contributed by atoms with van der Waals surface area (Å²) in [5.41, 5.74) is 0.166. The molecule has 0 spiro atoms. The summed E-state index contributed by atoms with van der Waals surface area (Å²) in [4.78, 5) is 24.6. The number of aliphatic hydroxyl groups is 1. The van der Waals surface area contributed by atoms with Gasteiger partial charge in [0.1, 0.15) is 11.6 Å². The number of alkyl carbamates (subject to hydrolysis) is 1. The van der Waals surface area contributed by atoms with Crippen LogP contribution in [0.5, 0.6) is 0 Å². The number of hydrogen-bond donors (Lipinski definition) is 3. The van der Waals surface area contributed by atoms with E-state index < -0.39 is 23.8 Å². The predicted octanol–water partition coefficient (Wildman–Crippen LogP) is 2.78. The third-order valence-corrected chi connectivity index (χ3v) is 3.42. The third kappa shape index (κ3) is 8.03. The lowest BCUT2D eigenvalue weighted by atomic mass is 10.0. The number of carbonyl (C=O) groups excluding carboxylic acids is 2. The Morgan fingerprint density at radius 1 is 1.12 bits per heavy atom. The monoisotopic (exact) mass is 350 g/mol. The molecule has 1 aromatic carbocycles. The van der Waals surface area contributed by atoms with Gasteiger partial charge in [0.25, 0.3) is 0 Å². The van der Waals surface area contributed by atoms with Gasteiger partial charge in [-0.05, 0) is 38.7 Å². The zero-order chi connectivity index (χ0) is 19.0. The fraction of sp³-hybridized carbons (Fsp3) is 0.579. The Labute approximate surface area is 150 Å². The molecule has 1 rings (SSSR count). The zero-order valence-corrected chi connectivity index (χ0v) is 15.7. The summed E-state index contributed by atoms with van der Waals surface area (Å²) in [5.74, 6) is -0.141. The Kier molecular flexibility index (Phi) is 7.90. The molecular formula is C19H30N2O4. The van der Waals surface area contributed by atoms with Crippen LogP contribution in [0.4, 0.5) is 4.79 Å². The minimum Gasteiger partial charge on any atom is -0.444 e. The van der Waals surface area contributed by atoms with E-state index in [1.54, 1.807) is 20.8 Å². The molecular weight excluding hydrogens is 320 g/mol. The van der Waals surface area contributed by atoms with Crippen molar-refractivity contribution in [3.63, 3.8) is 0 Å². The van der Waals surface area contributed by atoms with Gasteiger partial charge in [0.15, 0.2) is 0 Å². The maximum atomic E-state index is 12.6. The van der Waals surface area contributed by atoms with Gasteiger partial charge in [0.05, 0.1) is 12.6 Å². The maximum absolute atomic E-state index is 12.6. The standard InChI is InChI=1S/C19H30N2O4/c1-13(2)11-15(21-18(24)25-19(3,4)5)17(23)20-16(12-22)14-9-7-6-8-10-14/h6-10,13,15-16,22H,11-12H2,1-5H3,(H,20,23)(H,21,24)/t15-,16-/m0/s1. The van der Waals surface area contributed by atoms with Gasteiger partial charge in [-0.2, -0.15) is 0 Å². The molecule has 0 unspecified atom stereocenters. The lowest BCUT2D eigenvalue weighted by molar-refractivity contribution is -0.124. The van der Waals surface area contributed by atoms with Crippen LogP contribution in [-0.4, -0.2) is 35.4 Å². The second-order valence-corrected chi connectivity index (χ2v) is 7.48. The molecule has 2 amide bonds. The summed E-state index contributed by atoms with van der Waals surface area (Å²) >= 11 is 0. The highest BCUT2D eigenvalue weighted by Crippen LogP contribution is 2.14. The number of ether oxygens (including phenoxy) is 1. The fourth-order valence-electron chi connectivity index (χ4n) is 2.34. The van der Waals surface area contributed by atoms with E-state index in [-0.39, 0.29) is 18.4 Å². The average Bonchev–Trinajstić information content (AvgIpc) is 2.50. The molecule has 1 aromatic rings.